The lowest BCUT2D eigenvalue weighted by molar-refractivity contribution is -0.112. The number of nitrogens with zero attached hydrogens (tertiary/aromatic N) is 1. The van der Waals surface area contributed by atoms with Crippen LogP contribution in [0.2, 0.25) is 0 Å². The van der Waals surface area contributed by atoms with Gasteiger partial charge in [-0.1, -0.05) is 18.2 Å². The van der Waals surface area contributed by atoms with Crippen LogP contribution in [0, 0.1) is 25.2 Å². The first-order valence-electron chi connectivity index (χ1n) is 8.88. The minimum atomic E-state index is -0.446. The molecule has 0 bridgehead atoms. The Kier molecular flexibility index (Phi) is 7.01. The van der Waals surface area contributed by atoms with Crippen LogP contribution < -0.4 is 14.8 Å². The minimum Gasteiger partial charge on any atom is -0.490 e. The predicted molar refractivity (Wildman–Crippen MR) is 107 cm³/mol. The number of benzene rings is 2. The Morgan fingerprint density at radius 3 is 2.44 bits per heavy atom. The zero-order valence-corrected chi connectivity index (χ0v) is 16.1. The van der Waals surface area contributed by atoms with Crippen LogP contribution in [-0.2, 0) is 4.79 Å². The van der Waals surface area contributed by atoms with Gasteiger partial charge in [-0.3, -0.25) is 4.79 Å². The Hall–Kier alpha value is -3.26. The maximum absolute atomic E-state index is 12.5. The fourth-order valence-electron chi connectivity index (χ4n) is 2.53. The van der Waals surface area contributed by atoms with Crippen LogP contribution in [0.3, 0.4) is 0 Å². The summed E-state index contributed by atoms with van der Waals surface area (Å²) in [5, 5.41) is 12.2. The molecule has 1 N–H and O–H groups in total. The van der Waals surface area contributed by atoms with Gasteiger partial charge in [-0.15, -0.1) is 0 Å². The normalized spacial score (nSPS) is 10.9. The summed E-state index contributed by atoms with van der Waals surface area (Å²) in [5.74, 6) is 0.771. The van der Waals surface area contributed by atoms with E-state index in [4.69, 9.17) is 9.47 Å². The molecule has 140 valence electrons. The molecule has 2 aromatic rings. The van der Waals surface area contributed by atoms with Gasteiger partial charge in [0.1, 0.15) is 11.6 Å². The molecule has 0 atom stereocenters. The van der Waals surface area contributed by atoms with Crippen LogP contribution in [0.1, 0.15) is 30.5 Å². The maximum Gasteiger partial charge on any atom is 0.266 e. The summed E-state index contributed by atoms with van der Waals surface area (Å²) in [6.45, 7) is 8.66. The van der Waals surface area contributed by atoms with Crippen LogP contribution in [-0.4, -0.2) is 19.1 Å². The molecule has 0 fully saturated rings. The smallest absolute Gasteiger partial charge is 0.266 e. The first-order chi connectivity index (χ1) is 13.0. The quantitative estimate of drug-likeness (QED) is 0.573. The van der Waals surface area contributed by atoms with Crippen molar-refractivity contribution < 1.29 is 14.3 Å². The van der Waals surface area contributed by atoms with Crippen LogP contribution in [0.25, 0.3) is 6.08 Å². The molecule has 0 aromatic heterocycles. The molecular weight excluding hydrogens is 340 g/mol. The highest BCUT2D eigenvalue weighted by Crippen LogP contribution is 2.29. The van der Waals surface area contributed by atoms with E-state index in [-0.39, 0.29) is 5.57 Å². The van der Waals surface area contributed by atoms with Crippen LogP contribution in [0.5, 0.6) is 11.5 Å². The van der Waals surface area contributed by atoms with Gasteiger partial charge in [0.25, 0.3) is 5.91 Å². The van der Waals surface area contributed by atoms with E-state index in [2.05, 4.69) is 5.32 Å². The number of nitriles is 1. The summed E-state index contributed by atoms with van der Waals surface area (Å²) in [6, 6.07) is 13.1. The second kappa shape index (κ2) is 9.44. The molecule has 27 heavy (non-hydrogen) atoms. The number of amides is 1. The van der Waals surface area contributed by atoms with Gasteiger partial charge in [-0.2, -0.15) is 5.26 Å². The Bertz CT molecular complexity index is 895. The number of hydrogen-bond acceptors (Lipinski definition) is 4. The molecule has 5 nitrogen and oxygen atoms in total. The van der Waals surface area contributed by atoms with Crippen molar-refractivity contribution in [3.63, 3.8) is 0 Å². The lowest BCUT2D eigenvalue weighted by Crippen LogP contribution is -2.14. The summed E-state index contributed by atoms with van der Waals surface area (Å²) >= 11 is 0. The number of ether oxygens (including phenoxy) is 2. The minimum absolute atomic E-state index is 0.0162. The highest BCUT2D eigenvalue weighted by Gasteiger charge is 2.12. The van der Waals surface area contributed by atoms with Crippen molar-refractivity contribution in [3.05, 3.63) is 58.7 Å². The van der Waals surface area contributed by atoms with E-state index >= 15 is 0 Å². The molecular formula is C22H24N2O3. The third kappa shape index (κ3) is 5.35. The van der Waals surface area contributed by atoms with Crippen LogP contribution in [0.4, 0.5) is 5.69 Å². The summed E-state index contributed by atoms with van der Waals surface area (Å²) in [7, 11) is 0. The number of nitrogens with one attached hydrogen (secondary N) is 1. The summed E-state index contributed by atoms with van der Waals surface area (Å²) in [5.41, 5.74) is 3.37. The van der Waals surface area contributed by atoms with Crippen molar-refractivity contribution in [1.82, 2.24) is 0 Å². The van der Waals surface area contributed by atoms with Crippen molar-refractivity contribution >= 4 is 17.7 Å². The molecule has 2 rings (SSSR count). The topological polar surface area (TPSA) is 71.3 Å². The van der Waals surface area contributed by atoms with E-state index in [0.29, 0.717) is 36.0 Å². The maximum atomic E-state index is 12.5. The monoisotopic (exact) mass is 364 g/mol. The molecule has 0 spiro atoms. The SMILES string of the molecule is CCOc1ccc(/C=C(\C#N)C(=O)Nc2cc(C)ccc2C)cc1OCC. The zero-order chi connectivity index (χ0) is 19.8. The van der Waals surface area contributed by atoms with Crippen LogP contribution in [0.15, 0.2) is 42.0 Å². The molecule has 0 radical (unpaired) electrons. The van der Waals surface area contributed by atoms with Gasteiger partial charge in [0.05, 0.1) is 13.2 Å². The second-order valence-electron chi connectivity index (χ2n) is 6.01. The number of carbonyl (C=O) groups is 1. The second-order valence-corrected chi connectivity index (χ2v) is 6.01. The molecule has 0 unspecified atom stereocenters. The first kappa shape index (κ1) is 20.1. The van der Waals surface area contributed by atoms with E-state index in [9.17, 15) is 10.1 Å². The molecule has 1 amide bonds. The lowest BCUT2D eigenvalue weighted by Gasteiger charge is -2.12. The standard InChI is InChI=1S/C22H24N2O3/c1-5-26-20-10-9-17(13-21(20)27-6-2)12-18(14-23)22(25)24-19-11-15(3)7-8-16(19)4/h7-13H,5-6H2,1-4H3,(H,24,25)/b18-12+. The Labute approximate surface area is 160 Å². The van der Waals surface area contributed by atoms with Gasteiger partial charge in [0.15, 0.2) is 11.5 Å². The van der Waals surface area contributed by atoms with Crippen molar-refractivity contribution in [2.75, 3.05) is 18.5 Å². The van der Waals surface area contributed by atoms with E-state index in [0.717, 1.165) is 11.1 Å². The fraction of sp³-hybridized carbons (Fsp3) is 0.273. The molecule has 5 heteroatoms. The van der Waals surface area contributed by atoms with Crippen LogP contribution >= 0.6 is 0 Å². The highest BCUT2D eigenvalue weighted by atomic mass is 16.5. The predicted octanol–water partition coefficient (Wildman–Crippen LogP) is 4.65. The largest absolute Gasteiger partial charge is 0.490 e. The average molecular weight is 364 g/mol. The van der Waals surface area contributed by atoms with Gasteiger partial charge in [0.2, 0.25) is 0 Å². The lowest BCUT2D eigenvalue weighted by atomic mass is 10.1. The molecule has 0 aliphatic rings. The highest BCUT2D eigenvalue weighted by molar-refractivity contribution is 6.10. The van der Waals surface area contributed by atoms with Crippen molar-refractivity contribution in [2.24, 2.45) is 0 Å². The van der Waals surface area contributed by atoms with Gasteiger partial charge in [-0.05, 0) is 68.7 Å². The Morgan fingerprint density at radius 2 is 1.78 bits per heavy atom. The molecule has 0 heterocycles. The van der Waals surface area contributed by atoms with Crippen molar-refractivity contribution in [2.45, 2.75) is 27.7 Å². The molecule has 0 aliphatic heterocycles. The zero-order valence-electron chi connectivity index (χ0n) is 16.1. The summed E-state index contributed by atoms with van der Waals surface area (Å²) in [6.07, 6.45) is 1.54. The molecule has 0 saturated heterocycles. The number of hydrogen-bond donors (Lipinski definition) is 1. The third-order valence-corrected chi connectivity index (χ3v) is 3.88. The van der Waals surface area contributed by atoms with E-state index in [1.54, 1.807) is 24.3 Å². The van der Waals surface area contributed by atoms with Gasteiger partial charge in [0, 0.05) is 5.69 Å². The fourth-order valence-corrected chi connectivity index (χ4v) is 2.53. The average Bonchev–Trinajstić information content (AvgIpc) is 2.65. The van der Waals surface area contributed by atoms with Crippen molar-refractivity contribution in [1.29, 1.82) is 5.26 Å². The summed E-state index contributed by atoms with van der Waals surface area (Å²) < 4.78 is 11.1. The summed E-state index contributed by atoms with van der Waals surface area (Å²) in [4.78, 5) is 12.5. The van der Waals surface area contributed by atoms with Crippen molar-refractivity contribution in [3.8, 4) is 17.6 Å². The number of rotatable bonds is 7. The van der Waals surface area contributed by atoms with Gasteiger partial charge < -0.3 is 14.8 Å². The van der Waals surface area contributed by atoms with E-state index < -0.39 is 5.91 Å². The Morgan fingerprint density at radius 1 is 1.07 bits per heavy atom. The third-order valence-electron chi connectivity index (χ3n) is 3.88. The number of carbonyl (C=O) groups excluding carboxylic acids is 1. The van der Waals surface area contributed by atoms with Gasteiger partial charge >= 0.3 is 0 Å². The van der Waals surface area contributed by atoms with Gasteiger partial charge in [-0.25, -0.2) is 0 Å². The first-order valence-corrected chi connectivity index (χ1v) is 8.88. The molecule has 0 saturated carbocycles. The molecule has 2 aromatic carbocycles. The number of aryl methyl sites for hydroxylation is 2. The van der Waals surface area contributed by atoms with E-state index in [1.165, 1.54) is 0 Å². The Balaban J connectivity index is 2.29. The van der Waals surface area contributed by atoms with E-state index in [1.807, 2.05) is 52.0 Å². The number of anilines is 1. The molecule has 0 aliphatic carbocycles.